The predicted octanol–water partition coefficient (Wildman–Crippen LogP) is 4.65. The Hall–Kier alpha value is -2.40. The Balaban J connectivity index is 1.76. The number of rotatable bonds is 4. The Morgan fingerprint density at radius 3 is 2.12 bits per heavy atom. The predicted molar refractivity (Wildman–Crippen MR) is 96.4 cm³/mol. The third-order valence-electron chi connectivity index (χ3n) is 3.87. The molecule has 0 aromatic heterocycles. The van der Waals surface area contributed by atoms with Crippen LogP contribution in [0.1, 0.15) is 19.4 Å². The molecule has 24 heavy (non-hydrogen) atoms. The Morgan fingerprint density at radius 2 is 1.62 bits per heavy atom. The maximum Gasteiger partial charge on any atom is 0.169 e. The van der Waals surface area contributed by atoms with E-state index in [0.717, 1.165) is 21.7 Å². The summed E-state index contributed by atoms with van der Waals surface area (Å²) in [5.74, 6) is -0.322. The fraction of sp³-hybridized carbons (Fsp3) is 0.158. The summed E-state index contributed by atoms with van der Waals surface area (Å²) in [7, 11) is -0.965. The average Bonchev–Trinajstić information content (AvgIpc) is 2.83. The monoisotopic (exact) mass is 340 g/mol. The van der Waals surface area contributed by atoms with E-state index in [4.69, 9.17) is 4.78 Å². The van der Waals surface area contributed by atoms with E-state index in [2.05, 4.69) is 4.99 Å². The molecule has 1 unspecified atom stereocenters. The van der Waals surface area contributed by atoms with Crippen molar-refractivity contribution in [2.75, 3.05) is 0 Å². The average molecular weight is 340 g/mol. The van der Waals surface area contributed by atoms with Gasteiger partial charge in [0.15, 0.2) is 5.78 Å². The normalized spacial score (nSPS) is 17.1. The van der Waals surface area contributed by atoms with E-state index in [9.17, 15) is 9.18 Å². The summed E-state index contributed by atoms with van der Waals surface area (Å²) >= 11 is 0. The second-order valence-electron chi connectivity index (χ2n) is 5.66. The molecule has 2 aromatic rings. The van der Waals surface area contributed by atoms with Crippen LogP contribution < -0.4 is 0 Å². The number of benzene rings is 2. The number of nitrogens with one attached hydrogen (secondary N) is 1. The highest BCUT2D eigenvalue weighted by molar-refractivity contribution is 8.06. The van der Waals surface area contributed by atoms with Gasteiger partial charge in [0, 0.05) is 6.42 Å². The lowest BCUT2D eigenvalue weighted by atomic mass is 10.0. The number of allylic oxidation sites excluding steroid dienone is 2. The van der Waals surface area contributed by atoms with Gasteiger partial charge in [-0.05, 0) is 53.4 Å². The van der Waals surface area contributed by atoms with Crippen LogP contribution in [0.25, 0.3) is 11.1 Å². The van der Waals surface area contributed by atoms with Crippen LogP contribution in [-0.2, 0) is 21.9 Å². The van der Waals surface area contributed by atoms with Gasteiger partial charge in [-0.2, -0.15) is 0 Å². The van der Waals surface area contributed by atoms with Crippen LogP contribution in [0, 0.1) is 10.6 Å². The third kappa shape index (κ3) is 3.26. The second kappa shape index (κ2) is 6.61. The van der Waals surface area contributed by atoms with Crippen LogP contribution in [0.2, 0.25) is 0 Å². The van der Waals surface area contributed by atoms with E-state index >= 15 is 0 Å². The minimum Gasteiger partial charge on any atom is -0.294 e. The van der Waals surface area contributed by atoms with Gasteiger partial charge >= 0.3 is 0 Å². The number of nitrogens with zero attached hydrogens (tertiary/aromatic N) is 1. The van der Waals surface area contributed by atoms with Crippen molar-refractivity contribution in [3.8, 4) is 11.1 Å². The number of carbonyl (C=O) groups excluding carboxylic acids is 1. The number of carbonyl (C=O) groups is 1. The summed E-state index contributed by atoms with van der Waals surface area (Å²) in [4.78, 5) is 16.6. The van der Waals surface area contributed by atoms with Gasteiger partial charge in [0.25, 0.3) is 0 Å². The first-order valence-corrected chi connectivity index (χ1v) is 8.78. The zero-order chi connectivity index (χ0) is 17.3. The lowest BCUT2D eigenvalue weighted by molar-refractivity contribution is -0.113. The topological polar surface area (TPSA) is 53.3 Å². The molecule has 3 nitrogen and oxygen atoms in total. The standard InChI is InChI=1S/C19H17FN2OS/c1-12-19(13(2)23)24(21)18(22-12)11-14-3-5-15(6-4-14)16-7-9-17(20)10-8-16/h3-10,21H,11H2,1-2H3. The van der Waals surface area contributed by atoms with Crippen LogP contribution in [0.5, 0.6) is 0 Å². The zero-order valence-corrected chi connectivity index (χ0v) is 14.3. The smallest absolute Gasteiger partial charge is 0.169 e. The van der Waals surface area contributed by atoms with Crippen molar-refractivity contribution in [1.29, 1.82) is 4.78 Å². The molecule has 0 bridgehead atoms. The van der Waals surface area contributed by atoms with Crippen LogP contribution in [0.4, 0.5) is 4.39 Å². The second-order valence-corrected chi connectivity index (χ2v) is 7.15. The molecule has 1 aliphatic rings. The summed E-state index contributed by atoms with van der Waals surface area (Å²) in [5.41, 5.74) is 3.68. The number of hydrogen-bond acceptors (Lipinski definition) is 3. The highest BCUT2D eigenvalue weighted by atomic mass is 32.2. The van der Waals surface area contributed by atoms with Crippen LogP contribution >= 0.6 is 0 Å². The van der Waals surface area contributed by atoms with E-state index in [1.165, 1.54) is 19.1 Å². The summed E-state index contributed by atoms with van der Waals surface area (Å²) in [6, 6.07) is 14.3. The zero-order valence-electron chi connectivity index (χ0n) is 13.5. The first-order chi connectivity index (χ1) is 11.5. The van der Waals surface area contributed by atoms with E-state index < -0.39 is 10.7 Å². The molecule has 122 valence electrons. The molecule has 0 spiro atoms. The molecule has 0 radical (unpaired) electrons. The van der Waals surface area contributed by atoms with E-state index in [-0.39, 0.29) is 11.6 Å². The quantitative estimate of drug-likeness (QED) is 0.865. The number of halogens is 1. The van der Waals surface area contributed by atoms with Gasteiger partial charge < -0.3 is 0 Å². The van der Waals surface area contributed by atoms with Gasteiger partial charge in [-0.15, -0.1) is 0 Å². The maximum absolute atomic E-state index is 13.0. The Bertz CT molecular complexity index is 881. The van der Waals surface area contributed by atoms with Gasteiger partial charge in [0.2, 0.25) is 0 Å². The van der Waals surface area contributed by atoms with E-state index in [1.54, 1.807) is 19.1 Å². The third-order valence-corrected chi connectivity index (χ3v) is 5.57. The molecular weight excluding hydrogens is 323 g/mol. The van der Waals surface area contributed by atoms with Gasteiger partial charge in [-0.1, -0.05) is 36.4 Å². The maximum atomic E-state index is 13.0. The molecule has 0 saturated heterocycles. The number of hydrogen-bond donors (Lipinski definition) is 1. The fourth-order valence-corrected chi connectivity index (χ4v) is 4.09. The highest BCUT2D eigenvalue weighted by Gasteiger charge is 2.23. The van der Waals surface area contributed by atoms with Crippen molar-refractivity contribution in [1.82, 2.24) is 0 Å². The SMILES string of the molecule is CC(=O)C1=C(C)N=C(Cc2ccc(-c3ccc(F)cc3)cc2)S1=N. The van der Waals surface area contributed by atoms with Gasteiger partial charge in [-0.25, -0.2) is 9.38 Å². The molecule has 0 fully saturated rings. The van der Waals surface area contributed by atoms with Crippen molar-refractivity contribution in [2.24, 2.45) is 4.99 Å². The molecule has 1 heterocycles. The summed E-state index contributed by atoms with van der Waals surface area (Å²) in [5, 5.41) is 0.729. The highest BCUT2D eigenvalue weighted by Crippen LogP contribution is 2.25. The Kier molecular flexibility index (Phi) is 4.53. The van der Waals surface area contributed by atoms with E-state index in [1.807, 2.05) is 24.3 Å². The molecule has 0 amide bonds. The first-order valence-electron chi connectivity index (χ1n) is 7.55. The minimum absolute atomic E-state index is 0.0729. The van der Waals surface area contributed by atoms with Crippen LogP contribution in [0.3, 0.4) is 0 Å². The van der Waals surface area contributed by atoms with E-state index in [0.29, 0.717) is 17.0 Å². The molecule has 3 rings (SSSR count). The van der Waals surface area contributed by atoms with Crippen molar-refractivity contribution < 1.29 is 9.18 Å². The van der Waals surface area contributed by atoms with Crippen molar-refractivity contribution in [2.45, 2.75) is 20.3 Å². The van der Waals surface area contributed by atoms with Gasteiger partial charge in [0.05, 0.1) is 15.6 Å². The van der Waals surface area contributed by atoms with Crippen molar-refractivity contribution >= 4 is 21.5 Å². The molecule has 0 aliphatic carbocycles. The van der Waals surface area contributed by atoms with Gasteiger partial charge in [0.1, 0.15) is 5.82 Å². The summed E-state index contributed by atoms with van der Waals surface area (Å²) in [6.45, 7) is 3.28. The number of aliphatic imine (C=N–C) groups is 1. The molecule has 1 atom stereocenters. The number of ketones is 1. The largest absolute Gasteiger partial charge is 0.294 e. The molecule has 0 saturated carbocycles. The van der Waals surface area contributed by atoms with Crippen LogP contribution in [-0.4, -0.2) is 10.8 Å². The lowest BCUT2D eigenvalue weighted by Crippen LogP contribution is -2.11. The van der Waals surface area contributed by atoms with Crippen LogP contribution in [0.15, 0.2) is 64.1 Å². The molecular formula is C19H17FN2OS. The first kappa shape index (κ1) is 16.5. The summed E-state index contributed by atoms with van der Waals surface area (Å²) < 4.78 is 21.2. The molecule has 1 aliphatic heterocycles. The molecule has 2 aromatic carbocycles. The lowest BCUT2D eigenvalue weighted by Gasteiger charge is -2.06. The van der Waals surface area contributed by atoms with Gasteiger partial charge in [-0.3, -0.25) is 9.57 Å². The fourth-order valence-electron chi connectivity index (χ4n) is 2.69. The molecule has 1 N–H and O–H groups in total. The molecule has 5 heteroatoms. The van der Waals surface area contributed by atoms with Crippen molar-refractivity contribution in [3.05, 3.63) is 70.5 Å². The Labute approximate surface area is 142 Å². The number of Topliss-reactive ketones (excluding diaryl/α,β-unsaturated/α-hetero) is 1. The summed E-state index contributed by atoms with van der Waals surface area (Å²) in [6.07, 6.45) is 0.560. The minimum atomic E-state index is -0.965. The van der Waals surface area contributed by atoms with Crippen molar-refractivity contribution in [3.63, 3.8) is 0 Å². The Morgan fingerprint density at radius 1 is 1.08 bits per heavy atom.